The third-order valence-corrected chi connectivity index (χ3v) is 1.43. The number of carbonyl (C=O) groups excluding carboxylic acids is 1. The number of rotatable bonds is 4. The Morgan fingerprint density at radius 2 is 2.42 bits per heavy atom. The first-order chi connectivity index (χ1) is 5.63. The highest BCUT2D eigenvalue weighted by atomic mass is 35.5. The normalized spacial score (nSPS) is 11.9. The highest BCUT2D eigenvalue weighted by Gasteiger charge is 2.17. The largest absolute Gasteiger partial charge is 0.341 e. The van der Waals surface area contributed by atoms with E-state index in [1.54, 1.807) is 0 Å². The second-order valence-electron chi connectivity index (χ2n) is 1.96. The maximum Gasteiger partial charge on any atom is 0.341 e. The summed E-state index contributed by atoms with van der Waals surface area (Å²) in [6.07, 6.45) is 0. The second kappa shape index (κ2) is 6.07. The van der Waals surface area contributed by atoms with Gasteiger partial charge in [-0.3, -0.25) is 0 Å². The minimum absolute atomic E-state index is 0.373. The van der Waals surface area contributed by atoms with Crippen molar-refractivity contribution in [2.75, 3.05) is 12.3 Å². The standard InChI is InChI=1S/C5H10ClN3O2S/c1-4(6)9(8-11)5(10)7-2-3-12/h4,12H,2-3H2,1H3,(H,7,10). The van der Waals surface area contributed by atoms with Crippen LogP contribution in [0.25, 0.3) is 0 Å². The molecule has 0 spiro atoms. The zero-order valence-electron chi connectivity index (χ0n) is 6.53. The van der Waals surface area contributed by atoms with Crippen LogP contribution in [0.15, 0.2) is 5.29 Å². The molecule has 12 heavy (non-hydrogen) atoms. The molecule has 0 aromatic rings. The summed E-state index contributed by atoms with van der Waals surface area (Å²) in [5, 5.41) is 5.47. The molecule has 0 aliphatic carbocycles. The van der Waals surface area contributed by atoms with Crippen molar-refractivity contribution in [3.05, 3.63) is 4.91 Å². The van der Waals surface area contributed by atoms with Crippen molar-refractivity contribution < 1.29 is 4.79 Å². The Kier molecular flexibility index (Phi) is 5.83. The molecule has 0 aromatic carbocycles. The molecule has 0 aliphatic heterocycles. The molecule has 0 saturated carbocycles. The molecule has 1 unspecified atom stereocenters. The number of urea groups is 1. The molecule has 0 rings (SSSR count). The molecular formula is C5H10ClN3O2S. The topological polar surface area (TPSA) is 61.8 Å². The number of amides is 2. The maximum absolute atomic E-state index is 11.0. The summed E-state index contributed by atoms with van der Waals surface area (Å²) < 4.78 is 0. The van der Waals surface area contributed by atoms with Crippen LogP contribution in [0.1, 0.15) is 6.92 Å². The van der Waals surface area contributed by atoms with Crippen molar-refractivity contribution in [2.45, 2.75) is 12.4 Å². The molecule has 5 nitrogen and oxygen atoms in total. The van der Waals surface area contributed by atoms with Gasteiger partial charge in [-0.05, 0) is 6.92 Å². The fraction of sp³-hybridized carbons (Fsp3) is 0.800. The molecule has 70 valence electrons. The quantitative estimate of drug-likeness (QED) is 0.241. The van der Waals surface area contributed by atoms with E-state index in [-0.39, 0.29) is 0 Å². The zero-order valence-corrected chi connectivity index (χ0v) is 8.18. The summed E-state index contributed by atoms with van der Waals surface area (Å²) in [7, 11) is 0. The molecule has 0 bridgehead atoms. The Bertz CT molecular complexity index is 167. The van der Waals surface area contributed by atoms with Crippen molar-refractivity contribution >= 4 is 30.3 Å². The molecular weight excluding hydrogens is 202 g/mol. The average molecular weight is 212 g/mol. The Labute approximate surface area is 80.8 Å². The predicted molar refractivity (Wildman–Crippen MR) is 50.2 cm³/mol. The van der Waals surface area contributed by atoms with Gasteiger partial charge in [0.1, 0.15) is 5.50 Å². The van der Waals surface area contributed by atoms with E-state index in [4.69, 9.17) is 11.6 Å². The van der Waals surface area contributed by atoms with Crippen LogP contribution in [0.4, 0.5) is 4.79 Å². The first-order valence-electron chi connectivity index (χ1n) is 3.28. The van der Waals surface area contributed by atoms with Gasteiger partial charge in [0, 0.05) is 12.3 Å². The number of nitrogens with zero attached hydrogens (tertiary/aromatic N) is 2. The summed E-state index contributed by atoms with van der Waals surface area (Å²) in [6.45, 7) is 1.85. The Morgan fingerprint density at radius 1 is 1.83 bits per heavy atom. The van der Waals surface area contributed by atoms with Gasteiger partial charge in [0.15, 0.2) is 0 Å². The van der Waals surface area contributed by atoms with Crippen LogP contribution in [0.5, 0.6) is 0 Å². The fourth-order valence-electron chi connectivity index (χ4n) is 0.507. The number of nitroso groups, excluding NO2 is 1. The van der Waals surface area contributed by atoms with Gasteiger partial charge in [-0.15, -0.1) is 4.91 Å². The van der Waals surface area contributed by atoms with Gasteiger partial charge in [-0.1, -0.05) is 11.6 Å². The third kappa shape index (κ3) is 3.77. The van der Waals surface area contributed by atoms with Crippen molar-refractivity contribution in [1.82, 2.24) is 10.3 Å². The van der Waals surface area contributed by atoms with Crippen molar-refractivity contribution in [1.29, 1.82) is 0 Å². The lowest BCUT2D eigenvalue weighted by molar-refractivity contribution is 0.197. The zero-order chi connectivity index (χ0) is 9.56. The fourth-order valence-corrected chi connectivity index (χ4v) is 0.744. The molecule has 1 atom stereocenters. The smallest absolute Gasteiger partial charge is 0.336 e. The van der Waals surface area contributed by atoms with Gasteiger partial charge in [0.25, 0.3) is 0 Å². The number of alkyl halides is 1. The van der Waals surface area contributed by atoms with E-state index in [2.05, 4.69) is 23.2 Å². The van der Waals surface area contributed by atoms with E-state index in [1.165, 1.54) is 6.92 Å². The number of halogens is 1. The van der Waals surface area contributed by atoms with E-state index in [0.717, 1.165) is 0 Å². The van der Waals surface area contributed by atoms with Gasteiger partial charge < -0.3 is 5.32 Å². The summed E-state index contributed by atoms with van der Waals surface area (Å²) in [5.41, 5.74) is -0.748. The van der Waals surface area contributed by atoms with Crippen LogP contribution in [0.2, 0.25) is 0 Å². The summed E-state index contributed by atoms with van der Waals surface area (Å²) >= 11 is 9.34. The van der Waals surface area contributed by atoms with Crippen molar-refractivity contribution in [3.8, 4) is 0 Å². The molecule has 0 fully saturated rings. The molecule has 2 amide bonds. The Hall–Kier alpha value is -0.490. The van der Waals surface area contributed by atoms with Crippen LogP contribution in [0, 0.1) is 4.91 Å². The number of hydrogen-bond donors (Lipinski definition) is 2. The van der Waals surface area contributed by atoms with Gasteiger partial charge in [-0.2, -0.15) is 17.6 Å². The first-order valence-corrected chi connectivity index (χ1v) is 4.35. The van der Waals surface area contributed by atoms with Gasteiger partial charge in [-0.25, -0.2) is 4.79 Å². The van der Waals surface area contributed by atoms with E-state index >= 15 is 0 Å². The summed E-state index contributed by atoms with van der Waals surface area (Å²) in [4.78, 5) is 21.0. The highest BCUT2D eigenvalue weighted by molar-refractivity contribution is 7.80. The number of nitrogens with one attached hydrogen (secondary N) is 1. The van der Waals surface area contributed by atoms with Gasteiger partial charge >= 0.3 is 6.03 Å². The molecule has 0 heterocycles. The van der Waals surface area contributed by atoms with E-state index in [1.807, 2.05) is 0 Å². The van der Waals surface area contributed by atoms with Crippen molar-refractivity contribution in [3.63, 3.8) is 0 Å². The van der Waals surface area contributed by atoms with Crippen LogP contribution in [0.3, 0.4) is 0 Å². The molecule has 7 heteroatoms. The SMILES string of the molecule is CC(Cl)N(N=O)C(=O)NCCS. The monoisotopic (exact) mass is 211 g/mol. The molecule has 0 aromatic heterocycles. The Balaban J connectivity index is 3.94. The molecule has 0 radical (unpaired) electrons. The van der Waals surface area contributed by atoms with Crippen LogP contribution in [-0.4, -0.2) is 28.8 Å². The van der Waals surface area contributed by atoms with Crippen LogP contribution < -0.4 is 5.32 Å². The minimum atomic E-state index is -0.748. The molecule has 0 aliphatic rings. The lowest BCUT2D eigenvalue weighted by atomic mass is 10.6. The second-order valence-corrected chi connectivity index (χ2v) is 3.03. The maximum atomic E-state index is 11.0. The summed E-state index contributed by atoms with van der Waals surface area (Å²) in [6, 6.07) is -0.610. The average Bonchev–Trinajstić information content (AvgIpc) is 2.01. The van der Waals surface area contributed by atoms with E-state index < -0.39 is 11.5 Å². The number of hydrogen-bond acceptors (Lipinski definition) is 4. The van der Waals surface area contributed by atoms with Crippen LogP contribution in [-0.2, 0) is 0 Å². The number of thiol groups is 1. The minimum Gasteiger partial charge on any atom is -0.336 e. The third-order valence-electron chi connectivity index (χ3n) is 1.02. The molecule has 1 N–H and O–H groups in total. The molecule has 0 saturated heterocycles. The van der Waals surface area contributed by atoms with E-state index in [9.17, 15) is 9.70 Å². The van der Waals surface area contributed by atoms with Crippen molar-refractivity contribution in [2.24, 2.45) is 5.29 Å². The highest BCUT2D eigenvalue weighted by Crippen LogP contribution is 2.03. The van der Waals surface area contributed by atoms with Crippen LogP contribution >= 0.6 is 24.2 Å². The number of carbonyl (C=O) groups is 1. The summed E-state index contributed by atoms with van der Waals surface area (Å²) in [5.74, 6) is 0.495. The predicted octanol–water partition coefficient (Wildman–Crippen LogP) is 1.19. The van der Waals surface area contributed by atoms with Gasteiger partial charge in [0.2, 0.25) is 0 Å². The first kappa shape index (κ1) is 11.5. The lowest BCUT2D eigenvalue weighted by Gasteiger charge is -2.15. The van der Waals surface area contributed by atoms with E-state index in [0.29, 0.717) is 17.3 Å². The lowest BCUT2D eigenvalue weighted by Crippen LogP contribution is -2.40. The Morgan fingerprint density at radius 3 is 2.75 bits per heavy atom. The van der Waals surface area contributed by atoms with Gasteiger partial charge in [0.05, 0.1) is 5.29 Å².